The number of methoxy groups -OCH3 is 1. The predicted octanol–water partition coefficient (Wildman–Crippen LogP) is 0.490. The van der Waals surface area contributed by atoms with Crippen LogP contribution in [0.15, 0.2) is 24.3 Å². The van der Waals surface area contributed by atoms with Crippen LogP contribution in [0.25, 0.3) is 0 Å². The first-order valence-corrected chi connectivity index (χ1v) is 4.14. The molecule has 0 unspecified atom stereocenters. The van der Waals surface area contributed by atoms with Gasteiger partial charge in [-0.25, -0.2) is 0 Å². The summed E-state index contributed by atoms with van der Waals surface area (Å²) in [5, 5.41) is 9.38. The normalized spacial score (nSPS) is 9.77. The Labute approximate surface area is 78.4 Å². The molecule has 0 radical (unpaired) electrons. The second kappa shape index (κ2) is 4.89. The van der Waals surface area contributed by atoms with E-state index in [4.69, 9.17) is 9.47 Å². The predicted molar refractivity (Wildman–Crippen MR) is 52.4 cm³/mol. The van der Waals surface area contributed by atoms with Crippen LogP contribution in [-0.4, -0.2) is 25.8 Å². The molecule has 1 aromatic rings. The number of hydrogen-bond acceptors (Lipinski definition) is 3. The molecule has 0 bridgehead atoms. The molecule has 1 N–H and O–H groups in total. The highest BCUT2D eigenvalue weighted by Crippen LogP contribution is 2.07. The molecule has 4 heteroatoms. The summed E-state index contributed by atoms with van der Waals surface area (Å²) in [5.41, 5.74) is 0.777. The lowest BCUT2D eigenvalue weighted by atomic mass is 9.64. The van der Waals surface area contributed by atoms with Crippen molar-refractivity contribution in [2.75, 3.05) is 13.9 Å². The molecule has 0 aliphatic rings. The lowest BCUT2D eigenvalue weighted by molar-refractivity contribution is 0.0518. The molecular weight excluding hydrogens is 167 g/mol. The number of ether oxygens (including phenoxy) is 2. The van der Waals surface area contributed by atoms with Crippen molar-refractivity contribution < 1.29 is 14.5 Å². The fraction of sp³-hybridized carbons (Fsp3) is 0.333. The summed E-state index contributed by atoms with van der Waals surface area (Å²) < 4.78 is 10.0. The zero-order valence-electron chi connectivity index (χ0n) is 7.86. The summed E-state index contributed by atoms with van der Waals surface area (Å²) in [5.74, 6) is 0.666. The molecule has 0 saturated carbocycles. The molecule has 70 valence electrons. The highest BCUT2D eigenvalue weighted by atomic mass is 16.7. The van der Waals surface area contributed by atoms with Crippen molar-refractivity contribution in [2.24, 2.45) is 0 Å². The minimum atomic E-state index is -0.520. The van der Waals surface area contributed by atoms with Gasteiger partial charge in [-0.1, -0.05) is 25.0 Å². The molecule has 0 spiro atoms. The van der Waals surface area contributed by atoms with Crippen molar-refractivity contribution in [3.63, 3.8) is 0 Å². The summed E-state index contributed by atoms with van der Waals surface area (Å²) in [6.07, 6.45) is 0. The Balaban J connectivity index is 2.78. The quantitative estimate of drug-likeness (QED) is 0.541. The minimum Gasteiger partial charge on any atom is -0.468 e. The zero-order valence-corrected chi connectivity index (χ0v) is 7.86. The van der Waals surface area contributed by atoms with Crippen molar-refractivity contribution in [3.05, 3.63) is 24.3 Å². The zero-order chi connectivity index (χ0) is 9.68. The van der Waals surface area contributed by atoms with E-state index in [1.165, 1.54) is 0 Å². The van der Waals surface area contributed by atoms with E-state index in [0.29, 0.717) is 5.75 Å². The van der Waals surface area contributed by atoms with Gasteiger partial charge in [0, 0.05) is 7.11 Å². The molecule has 0 aliphatic heterocycles. The molecule has 1 rings (SSSR count). The summed E-state index contributed by atoms with van der Waals surface area (Å²) in [7, 11) is 1.56. The van der Waals surface area contributed by atoms with Gasteiger partial charge in [0.15, 0.2) is 6.79 Å². The van der Waals surface area contributed by atoms with Crippen LogP contribution in [0.2, 0.25) is 6.82 Å². The Bertz CT molecular complexity index is 263. The standard InChI is InChI=1S/C9H13BO3/c1-10(11)8-5-3-4-6-9(8)13-7-12-2/h3-6,11H,7H2,1-2H3. The fourth-order valence-corrected chi connectivity index (χ4v) is 1.08. The number of para-hydroxylation sites is 1. The van der Waals surface area contributed by atoms with Gasteiger partial charge in [0.05, 0.1) is 0 Å². The van der Waals surface area contributed by atoms with E-state index >= 15 is 0 Å². The fourth-order valence-electron chi connectivity index (χ4n) is 1.08. The Hall–Kier alpha value is -0.995. The Morgan fingerprint density at radius 3 is 2.69 bits per heavy atom. The minimum absolute atomic E-state index is 0.198. The summed E-state index contributed by atoms with van der Waals surface area (Å²) >= 11 is 0. The van der Waals surface area contributed by atoms with Crippen LogP contribution in [0.4, 0.5) is 0 Å². The van der Waals surface area contributed by atoms with Gasteiger partial charge >= 0.3 is 6.92 Å². The first kappa shape index (κ1) is 10.1. The second-order valence-electron chi connectivity index (χ2n) is 2.76. The van der Waals surface area contributed by atoms with Crippen LogP contribution in [0, 0.1) is 0 Å². The number of rotatable bonds is 4. The van der Waals surface area contributed by atoms with Crippen LogP contribution in [0.5, 0.6) is 5.75 Å². The lowest BCUT2D eigenvalue weighted by Crippen LogP contribution is -2.28. The van der Waals surface area contributed by atoms with Crippen molar-refractivity contribution in [2.45, 2.75) is 6.82 Å². The van der Waals surface area contributed by atoms with Gasteiger partial charge in [0.25, 0.3) is 0 Å². The van der Waals surface area contributed by atoms with Gasteiger partial charge in [0.1, 0.15) is 5.75 Å². The molecule has 1 aromatic carbocycles. The summed E-state index contributed by atoms with van der Waals surface area (Å²) in [4.78, 5) is 0. The maximum absolute atomic E-state index is 9.38. The Morgan fingerprint density at radius 1 is 1.38 bits per heavy atom. The third kappa shape index (κ3) is 2.75. The van der Waals surface area contributed by atoms with E-state index in [1.807, 2.05) is 18.2 Å². The Kier molecular flexibility index (Phi) is 3.80. The van der Waals surface area contributed by atoms with Crippen LogP contribution < -0.4 is 10.2 Å². The third-order valence-corrected chi connectivity index (χ3v) is 1.70. The van der Waals surface area contributed by atoms with Gasteiger partial charge in [-0.05, 0) is 11.5 Å². The van der Waals surface area contributed by atoms with E-state index < -0.39 is 6.92 Å². The van der Waals surface area contributed by atoms with Crippen molar-refractivity contribution in [3.8, 4) is 5.75 Å². The average Bonchev–Trinajstić information content (AvgIpc) is 2.15. The van der Waals surface area contributed by atoms with Gasteiger partial charge in [-0.2, -0.15) is 0 Å². The van der Waals surface area contributed by atoms with Crippen LogP contribution in [-0.2, 0) is 4.74 Å². The molecule has 0 saturated heterocycles. The van der Waals surface area contributed by atoms with Gasteiger partial charge < -0.3 is 14.5 Å². The van der Waals surface area contributed by atoms with Crippen molar-refractivity contribution in [1.82, 2.24) is 0 Å². The monoisotopic (exact) mass is 180 g/mol. The van der Waals surface area contributed by atoms with E-state index in [0.717, 1.165) is 5.46 Å². The summed E-state index contributed by atoms with van der Waals surface area (Å²) in [6.45, 7) is 1.38. The lowest BCUT2D eigenvalue weighted by Gasteiger charge is -2.10. The van der Waals surface area contributed by atoms with Crippen LogP contribution >= 0.6 is 0 Å². The molecule has 13 heavy (non-hydrogen) atoms. The third-order valence-electron chi connectivity index (χ3n) is 1.70. The van der Waals surface area contributed by atoms with Gasteiger partial charge in [-0.3, -0.25) is 0 Å². The van der Waals surface area contributed by atoms with Crippen LogP contribution in [0.1, 0.15) is 0 Å². The Morgan fingerprint density at radius 2 is 2.08 bits per heavy atom. The maximum atomic E-state index is 9.38. The van der Waals surface area contributed by atoms with Crippen LogP contribution in [0.3, 0.4) is 0 Å². The molecule has 0 atom stereocenters. The molecular formula is C9H13BO3. The van der Waals surface area contributed by atoms with Gasteiger partial charge in [0.2, 0.25) is 0 Å². The van der Waals surface area contributed by atoms with Crippen molar-refractivity contribution in [1.29, 1.82) is 0 Å². The second-order valence-corrected chi connectivity index (χ2v) is 2.76. The molecule has 0 fully saturated rings. The van der Waals surface area contributed by atoms with E-state index in [1.54, 1.807) is 20.0 Å². The van der Waals surface area contributed by atoms with E-state index in [2.05, 4.69) is 0 Å². The largest absolute Gasteiger partial charge is 0.468 e. The molecule has 3 nitrogen and oxygen atoms in total. The SMILES string of the molecule is COCOc1ccccc1B(C)O. The van der Waals surface area contributed by atoms with E-state index in [9.17, 15) is 5.02 Å². The topological polar surface area (TPSA) is 38.7 Å². The van der Waals surface area contributed by atoms with Crippen molar-refractivity contribution >= 4 is 12.4 Å². The highest BCUT2D eigenvalue weighted by Gasteiger charge is 2.11. The molecule has 0 aromatic heterocycles. The number of benzene rings is 1. The smallest absolute Gasteiger partial charge is 0.324 e. The number of hydrogen-bond donors (Lipinski definition) is 1. The first-order chi connectivity index (χ1) is 6.25. The molecule has 0 heterocycles. The molecule has 0 amide bonds. The maximum Gasteiger partial charge on any atom is 0.324 e. The summed E-state index contributed by atoms with van der Waals surface area (Å²) in [6, 6.07) is 7.36. The first-order valence-electron chi connectivity index (χ1n) is 4.14. The molecule has 0 aliphatic carbocycles. The van der Waals surface area contributed by atoms with Gasteiger partial charge in [-0.15, -0.1) is 0 Å². The van der Waals surface area contributed by atoms with E-state index in [-0.39, 0.29) is 6.79 Å². The average molecular weight is 180 g/mol. The highest BCUT2D eigenvalue weighted by molar-refractivity contribution is 6.65.